The van der Waals surface area contributed by atoms with Crippen LogP contribution < -0.4 is 5.73 Å². The molecule has 2 N–H and O–H groups in total. The van der Waals surface area contributed by atoms with E-state index in [2.05, 4.69) is 5.92 Å². The Morgan fingerprint density at radius 3 is 3.08 bits per heavy atom. The first-order valence-corrected chi connectivity index (χ1v) is 4.86. The third kappa shape index (κ3) is 3.02. The van der Waals surface area contributed by atoms with E-state index in [0.29, 0.717) is 12.8 Å². The smallest absolute Gasteiger partial charge is 0.155 e. The lowest BCUT2D eigenvalue weighted by Gasteiger charge is -2.04. The Bertz CT molecular complexity index is 310. The topological polar surface area (TPSA) is 43.1 Å². The van der Waals surface area contributed by atoms with Crippen LogP contribution in [0.2, 0.25) is 0 Å². The zero-order valence-electron chi connectivity index (χ0n) is 7.19. The van der Waals surface area contributed by atoms with Crippen LogP contribution in [0.3, 0.4) is 0 Å². The van der Waals surface area contributed by atoms with Gasteiger partial charge >= 0.3 is 0 Å². The lowest BCUT2D eigenvalue weighted by molar-refractivity contribution is -0.119. The molecule has 13 heavy (non-hydrogen) atoms. The quantitative estimate of drug-likeness (QED) is 0.730. The molecule has 0 aromatic carbocycles. The Hall–Kier alpha value is -1.11. The molecule has 0 amide bonds. The normalized spacial score (nSPS) is 12.0. The van der Waals surface area contributed by atoms with E-state index in [4.69, 9.17) is 12.2 Å². The van der Waals surface area contributed by atoms with E-state index >= 15 is 0 Å². The van der Waals surface area contributed by atoms with E-state index in [-0.39, 0.29) is 5.78 Å². The molecule has 1 unspecified atom stereocenters. The van der Waals surface area contributed by atoms with Crippen LogP contribution in [0.15, 0.2) is 17.5 Å². The molecule has 0 fully saturated rings. The highest BCUT2D eigenvalue weighted by Gasteiger charge is 2.12. The monoisotopic (exact) mass is 193 g/mol. The average Bonchev–Trinajstić information content (AvgIpc) is 2.57. The second kappa shape index (κ2) is 4.80. The molecule has 2 nitrogen and oxygen atoms in total. The molecule has 0 saturated carbocycles. The summed E-state index contributed by atoms with van der Waals surface area (Å²) < 4.78 is 0. The van der Waals surface area contributed by atoms with Crippen molar-refractivity contribution in [3.8, 4) is 12.3 Å². The molecule has 1 aromatic heterocycles. The Morgan fingerprint density at radius 2 is 2.54 bits per heavy atom. The Morgan fingerprint density at radius 1 is 1.77 bits per heavy atom. The number of hydrogen-bond acceptors (Lipinski definition) is 3. The van der Waals surface area contributed by atoms with Crippen molar-refractivity contribution in [2.75, 3.05) is 0 Å². The summed E-state index contributed by atoms with van der Waals surface area (Å²) in [6, 6.07) is 3.33. The summed E-state index contributed by atoms with van der Waals surface area (Å²) in [5.74, 6) is 2.40. The maximum absolute atomic E-state index is 11.4. The highest BCUT2D eigenvalue weighted by atomic mass is 32.1. The molecule has 0 saturated heterocycles. The number of terminal acetylenes is 1. The first kappa shape index (κ1) is 9.97. The largest absolute Gasteiger partial charge is 0.321 e. The van der Waals surface area contributed by atoms with Gasteiger partial charge in [0.25, 0.3) is 0 Å². The van der Waals surface area contributed by atoms with Crippen LogP contribution in [0.5, 0.6) is 0 Å². The summed E-state index contributed by atoms with van der Waals surface area (Å²) >= 11 is 1.56. The Balaban J connectivity index is 2.47. The van der Waals surface area contributed by atoms with Crippen molar-refractivity contribution in [2.24, 2.45) is 5.73 Å². The van der Waals surface area contributed by atoms with E-state index < -0.39 is 6.04 Å². The van der Waals surface area contributed by atoms with E-state index in [1.54, 1.807) is 11.3 Å². The highest BCUT2D eigenvalue weighted by Crippen LogP contribution is 2.10. The van der Waals surface area contributed by atoms with Crippen molar-refractivity contribution in [1.29, 1.82) is 0 Å². The highest BCUT2D eigenvalue weighted by molar-refractivity contribution is 7.10. The van der Waals surface area contributed by atoms with Crippen molar-refractivity contribution >= 4 is 17.1 Å². The molecule has 0 radical (unpaired) electrons. The van der Waals surface area contributed by atoms with Crippen LogP contribution >= 0.6 is 11.3 Å². The second-order valence-corrected chi connectivity index (χ2v) is 3.77. The Labute approximate surface area is 81.8 Å². The maximum atomic E-state index is 11.4. The van der Waals surface area contributed by atoms with Gasteiger partial charge in [0.15, 0.2) is 5.78 Å². The van der Waals surface area contributed by atoms with Gasteiger partial charge in [0.1, 0.15) is 0 Å². The standard InChI is InChI=1S/C10H11NOS/c1-2-4-9(11)10(12)7-8-5-3-6-13-8/h1,3,5-6,9H,4,7,11H2. The zero-order chi connectivity index (χ0) is 9.68. The molecule has 1 aromatic rings. The van der Waals surface area contributed by atoms with Gasteiger partial charge in [-0.15, -0.1) is 23.7 Å². The molecular weight excluding hydrogens is 182 g/mol. The third-order valence-electron chi connectivity index (χ3n) is 1.68. The first-order valence-electron chi connectivity index (χ1n) is 3.98. The van der Waals surface area contributed by atoms with Crippen LogP contribution in [-0.2, 0) is 11.2 Å². The summed E-state index contributed by atoms with van der Waals surface area (Å²) in [5.41, 5.74) is 5.56. The number of rotatable bonds is 4. The van der Waals surface area contributed by atoms with Gasteiger partial charge in [-0.25, -0.2) is 0 Å². The van der Waals surface area contributed by atoms with Gasteiger partial charge in [-0.2, -0.15) is 0 Å². The molecule has 1 rings (SSSR count). The zero-order valence-corrected chi connectivity index (χ0v) is 8.01. The lowest BCUT2D eigenvalue weighted by atomic mass is 10.1. The second-order valence-electron chi connectivity index (χ2n) is 2.74. The Kier molecular flexibility index (Phi) is 3.69. The fourth-order valence-electron chi connectivity index (χ4n) is 0.957. The van der Waals surface area contributed by atoms with Crippen LogP contribution in [0.4, 0.5) is 0 Å². The van der Waals surface area contributed by atoms with Gasteiger partial charge in [0, 0.05) is 17.7 Å². The van der Waals surface area contributed by atoms with E-state index in [1.807, 2.05) is 17.5 Å². The summed E-state index contributed by atoms with van der Waals surface area (Å²) in [4.78, 5) is 12.4. The molecule has 68 valence electrons. The number of nitrogens with two attached hydrogens (primary N) is 1. The van der Waals surface area contributed by atoms with E-state index in [0.717, 1.165) is 4.88 Å². The molecule has 0 bridgehead atoms. The van der Waals surface area contributed by atoms with Crippen LogP contribution in [0, 0.1) is 12.3 Å². The van der Waals surface area contributed by atoms with E-state index in [1.165, 1.54) is 0 Å². The first-order chi connectivity index (χ1) is 6.24. The molecule has 0 aliphatic heterocycles. The van der Waals surface area contributed by atoms with Gasteiger partial charge in [-0.05, 0) is 11.4 Å². The molecular formula is C10H11NOS. The van der Waals surface area contributed by atoms with E-state index in [9.17, 15) is 4.79 Å². The third-order valence-corrected chi connectivity index (χ3v) is 2.56. The minimum atomic E-state index is -0.507. The van der Waals surface area contributed by atoms with Crippen molar-refractivity contribution in [3.05, 3.63) is 22.4 Å². The fourth-order valence-corrected chi connectivity index (χ4v) is 1.67. The summed E-state index contributed by atoms with van der Waals surface area (Å²) in [6.07, 6.45) is 5.79. The lowest BCUT2D eigenvalue weighted by Crippen LogP contribution is -2.31. The molecule has 1 heterocycles. The van der Waals surface area contributed by atoms with Crippen LogP contribution in [0.25, 0.3) is 0 Å². The van der Waals surface area contributed by atoms with Crippen molar-refractivity contribution < 1.29 is 4.79 Å². The molecule has 0 aliphatic rings. The summed E-state index contributed by atoms with van der Waals surface area (Å²) in [7, 11) is 0. The van der Waals surface area contributed by atoms with Crippen molar-refractivity contribution in [1.82, 2.24) is 0 Å². The molecule has 0 aliphatic carbocycles. The molecule has 1 atom stereocenters. The van der Waals surface area contributed by atoms with Crippen LogP contribution in [0.1, 0.15) is 11.3 Å². The minimum absolute atomic E-state index is 0.0143. The van der Waals surface area contributed by atoms with Gasteiger partial charge in [0.05, 0.1) is 6.04 Å². The van der Waals surface area contributed by atoms with Crippen molar-refractivity contribution in [3.63, 3.8) is 0 Å². The number of ketones is 1. The van der Waals surface area contributed by atoms with Gasteiger partial charge in [0.2, 0.25) is 0 Å². The van der Waals surface area contributed by atoms with Crippen molar-refractivity contribution in [2.45, 2.75) is 18.9 Å². The summed E-state index contributed by atoms with van der Waals surface area (Å²) in [6.45, 7) is 0. The van der Waals surface area contributed by atoms with Gasteiger partial charge in [-0.3, -0.25) is 4.79 Å². The minimum Gasteiger partial charge on any atom is -0.321 e. The molecule has 0 spiro atoms. The fraction of sp³-hybridized carbons (Fsp3) is 0.300. The maximum Gasteiger partial charge on any atom is 0.155 e. The summed E-state index contributed by atoms with van der Waals surface area (Å²) in [5, 5.41) is 1.94. The number of carbonyl (C=O) groups is 1. The van der Waals surface area contributed by atoms with Gasteiger partial charge < -0.3 is 5.73 Å². The number of Topliss-reactive ketones (excluding diaryl/α,β-unsaturated/α-hetero) is 1. The number of carbonyl (C=O) groups excluding carboxylic acids is 1. The number of hydrogen-bond donors (Lipinski definition) is 1. The van der Waals surface area contributed by atoms with Crippen LogP contribution in [-0.4, -0.2) is 11.8 Å². The molecule has 3 heteroatoms. The predicted molar refractivity (Wildman–Crippen MR) is 54.5 cm³/mol. The number of thiophene rings is 1. The average molecular weight is 193 g/mol. The SMILES string of the molecule is C#CCC(N)C(=O)Cc1cccs1. The van der Waals surface area contributed by atoms with Gasteiger partial charge in [-0.1, -0.05) is 6.07 Å². The predicted octanol–water partition coefficient (Wildman–Crippen LogP) is 1.21.